The van der Waals surface area contributed by atoms with Crippen LogP contribution >= 0.6 is 0 Å². The van der Waals surface area contributed by atoms with Gasteiger partial charge in [-0.1, -0.05) is 6.07 Å². The van der Waals surface area contributed by atoms with Crippen molar-refractivity contribution in [3.63, 3.8) is 0 Å². The summed E-state index contributed by atoms with van der Waals surface area (Å²) in [6, 6.07) is 16.9. The molecule has 0 aliphatic carbocycles. The summed E-state index contributed by atoms with van der Waals surface area (Å²) in [6.07, 6.45) is 0. The number of nitrogens with one attached hydrogen (secondary N) is 1. The normalized spacial score (nSPS) is 10.7. The molecule has 0 unspecified atom stereocenters. The lowest BCUT2D eigenvalue weighted by atomic mass is 10.1. The first-order chi connectivity index (χ1) is 14.5. The Hall–Kier alpha value is -4.27. The van der Waals surface area contributed by atoms with Crippen LogP contribution in [-0.2, 0) is 0 Å². The molecule has 0 aliphatic rings. The van der Waals surface area contributed by atoms with Gasteiger partial charge in [0.05, 0.1) is 17.7 Å². The molecule has 0 saturated heterocycles. The lowest BCUT2D eigenvalue weighted by molar-refractivity contribution is -0.385. The van der Waals surface area contributed by atoms with Crippen LogP contribution in [0.5, 0.6) is 5.75 Å². The van der Waals surface area contributed by atoms with E-state index in [1.165, 1.54) is 16.9 Å². The van der Waals surface area contributed by atoms with Crippen LogP contribution in [0.2, 0.25) is 0 Å². The van der Waals surface area contributed by atoms with E-state index >= 15 is 0 Å². The molecule has 0 spiro atoms. The highest BCUT2D eigenvalue weighted by molar-refractivity contribution is 6.06. The van der Waals surface area contributed by atoms with Crippen LogP contribution in [0.15, 0.2) is 60.7 Å². The number of amides is 1. The van der Waals surface area contributed by atoms with E-state index in [2.05, 4.69) is 15.5 Å². The highest BCUT2D eigenvalue weighted by atomic mass is 16.6. The van der Waals surface area contributed by atoms with Gasteiger partial charge in [0, 0.05) is 22.9 Å². The number of hydrogen-bond acceptors (Lipinski definition) is 6. The van der Waals surface area contributed by atoms with Gasteiger partial charge in [0.1, 0.15) is 16.8 Å². The first kappa shape index (κ1) is 19.1. The molecule has 0 atom stereocenters. The highest BCUT2D eigenvalue weighted by Gasteiger charge is 2.18. The first-order valence-electron chi connectivity index (χ1n) is 9.03. The molecule has 150 valence electrons. The molecule has 9 heteroatoms. The van der Waals surface area contributed by atoms with Crippen LogP contribution in [0.4, 0.5) is 11.4 Å². The zero-order valence-electron chi connectivity index (χ0n) is 16.2. The number of rotatable bonds is 5. The SMILES string of the molecule is COc1ccc(-n2nc3ccc(NC(=O)c4cccc([N+](=O)[O-])c4C)cc3n2)cc1. The van der Waals surface area contributed by atoms with Gasteiger partial charge in [0.15, 0.2) is 0 Å². The monoisotopic (exact) mass is 403 g/mol. The van der Waals surface area contributed by atoms with E-state index in [1.807, 2.05) is 24.3 Å². The predicted molar refractivity (Wildman–Crippen MR) is 111 cm³/mol. The van der Waals surface area contributed by atoms with Gasteiger partial charge in [0.25, 0.3) is 11.6 Å². The third-order valence-electron chi connectivity index (χ3n) is 4.69. The molecule has 1 heterocycles. The Morgan fingerprint density at radius 3 is 2.50 bits per heavy atom. The minimum atomic E-state index is -0.504. The molecule has 3 aromatic carbocycles. The zero-order chi connectivity index (χ0) is 21.3. The molecule has 1 aromatic heterocycles. The summed E-state index contributed by atoms with van der Waals surface area (Å²) >= 11 is 0. The number of nitro groups is 1. The van der Waals surface area contributed by atoms with E-state index in [0.29, 0.717) is 22.3 Å². The minimum absolute atomic E-state index is 0.0967. The van der Waals surface area contributed by atoms with E-state index in [1.54, 1.807) is 38.3 Å². The van der Waals surface area contributed by atoms with Crippen molar-refractivity contribution in [3.05, 3.63) is 81.9 Å². The Bertz CT molecular complexity index is 1260. The van der Waals surface area contributed by atoms with Gasteiger partial charge in [-0.2, -0.15) is 4.80 Å². The molecule has 1 N–H and O–H groups in total. The maximum Gasteiger partial charge on any atom is 0.273 e. The van der Waals surface area contributed by atoms with Crippen molar-refractivity contribution in [1.29, 1.82) is 0 Å². The molecular formula is C21H17N5O4. The average molecular weight is 403 g/mol. The number of aromatic nitrogens is 3. The van der Waals surface area contributed by atoms with Gasteiger partial charge in [-0.15, -0.1) is 10.2 Å². The Kier molecular flexibility index (Phi) is 4.85. The number of methoxy groups -OCH3 is 1. The lowest BCUT2D eigenvalue weighted by Gasteiger charge is -2.07. The van der Waals surface area contributed by atoms with Crippen LogP contribution < -0.4 is 10.1 Å². The highest BCUT2D eigenvalue weighted by Crippen LogP contribution is 2.23. The average Bonchev–Trinajstić information content (AvgIpc) is 3.17. The number of ether oxygens (including phenoxy) is 1. The lowest BCUT2D eigenvalue weighted by Crippen LogP contribution is -2.14. The van der Waals surface area contributed by atoms with Crippen molar-refractivity contribution in [2.45, 2.75) is 6.92 Å². The number of benzene rings is 3. The molecule has 4 aromatic rings. The van der Waals surface area contributed by atoms with Crippen molar-refractivity contribution < 1.29 is 14.5 Å². The first-order valence-corrected chi connectivity index (χ1v) is 9.03. The second-order valence-corrected chi connectivity index (χ2v) is 6.55. The Balaban J connectivity index is 1.60. The standard InChI is InChI=1S/C21H17N5O4/c1-13-17(4-3-5-20(13)26(28)29)21(27)22-14-6-11-18-19(12-14)24-25(23-18)15-7-9-16(30-2)10-8-15/h3-12H,1-2H3,(H,22,27). The minimum Gasteiger partial charge on any atom is -0.497 e. The van der Waals surface area contributed by atoms with Gasteiger partial charge < -0.3 is 10.1 Å². The van der Waals surface area contributed by atoms with Crippen LogP contribution in [0.3, 0.4) is 0 Å². The topological polar surface area (TPSA) is 112 Å². The largest absolute Gasteiger partial charge is 0.497 e. The third kappa shape index (κ3) is 3.55. The van der Waals surface area contributed by atoms with E-state index < -0.39 is 10.8 Å². The fourth-order valence-electron chi connectivity index (χ4n) is 3.09. The van der Waals surface area contributed by atoms with E-state index in [-0.39, 0.29) is 11.3 Å². The molecule has 4 rings (SSSR count). The second-order valence-electron chi connectivity index (χ2n) is 6.55. The van der Waals surface area contributed by atoms with Crippen molar-refractivity contribution in [2.24, 2.45) is 0 Å². The fourth-order valence-corrected chi connectivity index (χ4v) is 3.09. The summed E-state index contributed by atoms with van der Waals surface area (Å²) in [7, 11) is 1.60. The number of fused-ring (bicyclic) bond motifs is 1. The smallest absolute Gasteiger partial charge is 0.273 e. The Morgan fingerprint density at radius 2 is 1.80 bits per heavy atom. The second kappa shape index (κ2) is 7.63. The summed E-state index contributed by atoms with van der Waals surface area (Å²) in [5.74, 6) is 0.301. The van der Waals surface area contributed by atoms with Crippen molar-refractivity contribution in [3.8, 4) is 11.4 Å². The number of carbonyl (C=O) groups is 1. The van der Waals surface area contributed by atoms with Gasteiger partial charge in [-0.25, -0.2) is 0 Å². The van der Waals surface area contributed by atoms with Crippen LogP contribution in [0.25, 0.3) is 16.7 Å². The molecule has 1 amide bonds. The maximum atomic E-state index is 12.6. The quantitative estimate of drug-likeness (QED) is 0.399. The van der Waals surface area contributed by atoms with Crippen LogP contribution in [0.1, 0.15) is 15.9 Å². The summed E-state index contributed by atoms with van der Waals surface area (Å²) in [6.45, 7) is 1.55. The van der Waals surface area contributed by atoms with E-state index in [9.17, 15) is 14.9 Å². The Labute approximate surface area is 171 Å². The molecule has 0 fully saturated rings. The molecule has 0 aliphatic heterocycles. The Morgan fingerprint density at radius 1 is 1.07 bits per heavy atom. The van der Waals surface area contributed by atoms with Gasteiger partial charge >= 0.3 is 0 Å². The molecular weight excluding hydrogens is 386 g/mol. The molecule has 0 saturated carbocycles. The van der Waals surface area contributed by atoms with E-state index in [4.69, 9.17) is 4.74 Å². The van der Waals surface area contributed by atoms with Crippen molar-refractivity contribution in [1.82, 2.24) is 15.0 Å². The molecule has 9 nitrogen and oxygen atoms in total. The number of nitro benzene ring substituents is 1. The number of carbonyl (C=O) groups excluding carboxylic acids is 1. The number of hydrogen-bond donors (Lipinski definition) is 1. The maximum absolute atomic E-state index is 12.6. The van der Waals surface area contributed by atoms with E-state index in [0.717, 1.165) is 11.4 Å². The zero-order valence-corrected chi connectivity index (χ0v) is 16.2. The van der Waals surface area contributed by atoms with Gasteiger partial charge in [0.2, 0.25) is 0 Å². The fraction of sp³-hybridized carbons (Fsp3) is 0.0952. The van der Waals surface area contributed by atoms with Crippen LogP contribution in [-0.4, -0.2) is 32.9 Å². The molecule has 30 heavy (non-hydrogen) atoms. The van der Waals surface area contributed by atoms with Gasteiger partial charge in [-0.05, 0) is 55.5 Å². The summed E-state index contributed by atoms with van der Waals surface area (Å²) < 4.78 is 5.15. The number of anilines is 1. The van der Waals surface area contributed by atoms with Gasteiger partial charge in [-0.3, -0.25) is 14.9 Å². The van der Waals surface area contributed by atoms with Crippen LogP contribution in [0, 0.1) is 17.0 Å². The predicted octanol–water partition coefficient (Wildman–Crippen LogP) is 3.90. The van der Waals surface area contributed by atoms with Crippen molar-refractivity contribution >= 4 is 28.3 Å². The summed E-state index contributed by atoms with van der Waals surface area (Å²) in [5, 5.41) is 22.8. The van der Waals surface area contributed by atoms with Crippen molar-refractivity contribution in [2.75, 3.05) is 12.4 Å². The molecule has 0 bridgehead atoms. The summed E-state index contributed by atoms with van der Waals surface area (Å²) in [5.41, 5.74) is 3.00. The third-order valence-corrected chi connectivity index (χ3v) is 4.69. The number of nitrogens with zero attached hydrogens (tertiary/aromatic N) is 4. The summed E-state index contributed by atoms with van der Waals surface area (Å²) in [4.78, 5) is 24.7. The molecule has 0 radical (unpaired) electrons.